The first-order valence-corrected chi connectivity index (χ1v) is 11.7. The maximum atomic E-state index is 6.01. The average Bonchev–Trinajstić information content (AvgIpc) is 3.73. The van der Waals surface area contributed by atoms with E-state index in [0.29, 0.717) is 37.3 Å². The fourth-order valence-corrected chi connectivity index (χ4v) is 4.32. The molecule has 0 spiro atoms. The molecule has 2 heterocycles. The van der Waals surface area contributed by atoms with E-state index in [1.165, 1.54) is 23.1 Å². The van der Waals surface area contributed by atoms with E-state index in [1.807, 2.05) is 0 Å². The highest BCUT2D eigenvalue weighted by Crippen LogP contribution is 2.37. The summed E-state index contributed by atoms with van der Waals surface area (Å²) < 4.78 is 22.3. The van der Waals surface area contributed by atoms with Gasteiger partial charge in [-0.1, -0.05) is 49.8 Å². The van der Waals surface area contributed by atoms with Crippen LogP contribution < -0.4 is 9.47 Å². The Morgan fingerprint density at radius 1 is 0.806 bits per heavy atom. The second-order valence-corrected chi connectivity index (χ2v) is 8.89. The summed E-state index contributed by atoms with van der Waals surface area (Å²) in [7, 11) is 0. The molecular formula is C27H32O4. The smallest absolute Gasteiger partial charge is 0.122 e. The van der Waals surface area contributed by atoms with Crippen LogP contribution in [0.3, 0.4) is 0 Å². The first-order valence-electron chi connectivity index (χ1n) is 11.7. The first-order chi connectivity index (χ1) is 15.3. The zero-order valence-corrected chi connectivity index (χ0v) is 18.3. The minimum absolute atomic E-state index is 0.292. The van der Waals surface area contributed by atoms with Crippen molar-refractivity contribution >= 4 is 0 Å². The van der Waals surface area contributed by atoms with Crippen LogP contribution in [0.5, 0.6) is 11.5 Å². The normalized spacial score (nSPS) is 26.5. The van der Waals surface area contributed by atoms with Crippen LogP contribution in [0.15, 0.2) is 54.6 Å². The third-order valence-corrected chi connectivity index (χ3v) is 6.37. The topological polar surface area (TPSA) is 43.5 Å². The van der Waals surface area contributed by atoms with Crippen LogP contribution in [0.1, 0.15) is 54.7 Å². The van der Waals surface area contributed by atoms with Gasteiger partial charge in [0.1, 0.15) is 36.9 Å². The number of hydrogen-bond acceptors (Lipinski definition) is 4. The summed E-state index contributed by atoms with van der Waals surface area (Å²) in [5, 5.41) is 0. The van der Waals surface area contributed by atoms with Crippen molar-refractivity contribution < 1.29 is 18.9 Å². The molecule has 4 atom stereocenters. The minimum Gasteiger partial charge on any atom is -0.491 e. The van der Waals surface area contributed by atoms with Crippen LogP contribution in [-0.2, 0) is 15.9 Å². The van der Waals surface area contributed by atoms with E-state index in [0.717, 1.165) is 44.0 Å². The number of allylic oxidation sites excluding steroid dienone is 2. The molecule has 2 aromatic carbocycles. The van der Waals surface area contributed by atoms with Crippen molar-refractivity contribution in [1.29, 1.82) is 0 Å². The van der Waals surface area contributed by atoms with Crippen LogP contribution in [0.25, 0.3) is 0 Å². The predicted octanol–water partition coefficient (Wildman–Crippen LogP) is 5.41. The monoisotopic (exact) mass is 420 g/mol. The third-order valence-electron chi connectivity index (χ3n) is 6.37. The number of epoxide rings is 2. The summed E-state index contributed by atoms with van der Waals surface area (Å²) in [4.78, 5) is 0. The highest BCUT2D eigenvalue weighted by atomic mass is 16.6. The zero-order chi connectivity index (χ0) is 21.0. The molecule has 2 aromatic rings. The Morgan fingerprint density at radius 2 is 1.42 bits per heavy atom. The van der Waals surface area contributed by atoms with Crippen molar-refractivity contribution in [2.24, 2.45) is 0 Å². The van der Waals surface area contributed by atoms with Gasteiger partial charge in [-0.3, -0.25) is 0 Å². The summed E-state index contributed by atoms with van der Waals surface area (Å²) in [6.45, 7) is 5.21. The lowest BCUT2D eigenvalue weighted by molar-refractivity contribution is 0.261. The number of hydrogen-bond donors (Lipinski definition) is 0. The van der Waals surface area contributed by atoms with Crippen LogP contribution in [-0.4, -0.2) is 38.6 Å². The van der Waals surface area contributed by atoms with Crippen molar-refractivity contribution in [3.63, 3.8) is 0 Å². The van der Waals surface area contributed by atoms with E-state index in [-0.39, 0.29) is 0 Å². The maximum absolute atomic E-state index is 6.01. The van der Waals surface area contributed by atoms with Gasteiger partial charge >= 0.3 is 0 Å². The van der Waals surface area contributed by atoms with Gasteiger partial charge in [-0.2, -0.15) is 0 Å². The summed E-state index contributed by atoms with van der Waals surface area (Å²) in [5.41, 5.74) is 4.09. The first kappa shape index (κ1) is 20.6. The molecule has 0 radical (unpaired) electrons. The van der Waals surface area contributed by atoms with Crippen molar-refractivity contribution in [3.8, 4) is 11.5 Å². The van der Waals surface area contributed by atoms with Gasteiger partial charge in [-0.25, -0.2) is 0 Å². The average molecular weight is 421 g/mol. The molecule has 5 rings (SSSR count). The van der Waals surface area contributed by atoms with Gasteiger partial charge in [0.15, 0.2) is 0 Å². The van der Waals surface area contributed by atoms with E-state index in [2.05, 4.69) is 61.5 Å². The Kier molecular flexibility index (Phi) is 6.28. The van der Waals surface area contributed by atoms with Gasteiger partial charge in [0, 0.05) is 11.8 Å². The lowest BCUT2D eigenvalue weighted by atomic mass is 9.81. The van der Waals surface area contributed by atoms with Gasteiger partial charge in [-0.05, 0) is 54.2 Å². The van der Waals surface area contributed by atoms with Crippen LogP contribution in [0.4, 0.5) is 0 Å². The van der Waals surface area contributed by atoms with Gasteiger partial charge in [-0.15, -0.1) is 0 Å². The standard InChI is InChI=1S/C27H32O4/c1-2-3-23-14-22(10-13-27(23)31-18-26-17-30-26)21-6-4-19(5-7-21)20-8-11-24(12-9-20)28-15-25-16-29-25/h4,6,8-14,19,21,25-26H,2-3,5,7,15-18H2,1H3. The van der Waals surface area contributed by atoms with E-state index in [1.54, 1.807) is 0 Å². The van der Waals surface area contributed by atoms with Gasteiger partial charge in [0.05, 0.1) is 13.2 Å². The molecule has 2 aliphatic heterocycles. The molecule has 2 fully saturated rings. The molecule has 1 aliphatic carbocycles. The fourth-order valence-electron chi connectivity index (χ4n) is 4.32. The lowest BCUT2D eigenvalue weighted by Gasteiger charge is -2.24. The molecule has 0 saturated carbocycles. The number of benzene rings is 2. The number of ether oxygens (including phenoxy) is 4. The molecule has 0 bridgehead atoms. The second kappa shape index (κ2) is 9.46. The molecule has 3 aliphatic rings. The fraction of sp³-hybridized carbons (Fsp3) is 0.481. The van der Waals surface area contributed by atoms with E-state index in [4.69, 9.17) is 18.9 Å². The molecule has 4 nitrogen and oxygen atoms in total. The lowest BCUT2D eigenvalue weighted by Crippen LogP contribution is -2.09. The highest BCUT2D eigenvalue weighted by Gasteiger charge is 2.25. The molecule has 4 unspecified atom stereocenters. The molecule has 0 N–H and O–H groups in total. The SMILES string of the molecule is CCCc1cc(C2C=CC(c3ccc(OCC4CO4)cc3)CC2)ccc1OCC1CO1. The molecule has 164 valence electrons. The number of aryl methyl sites for hydroxylation is 1. The van der Waals surface area contributed by atoms with Crippen LogP contribution in [0, 0.1) is 0 Å². The second-order valence-electron chi connectivity index (χ2n) is 8.89. The molecule has 31 heavy (non-hydrogen) atoms. The Morgan fingerprint density at radius 3 is 2.03 bits per heavy atom. The van der Waals surface area contributed by atoms with Crippen LogP contribution >= 0.6 is 0 Å². The van der Waals surface area contributed by atoms with Crippen molar-refractivity contribution in [2.75, 3.05) is 26.4 Å². The highest BCUT2D eigenvalue weighted by molar-refractivity contribution is 5.41. The quantitative estimate of drug-likeness (QED) is 0.381. The molecular weight excluding hydrogens is 388 g/mol. The third kappa shape index (κ3) is 5.50. The van der Waals surface area contributed by atoms with Crippen LogP contribution in [0.2, 0.25) is 0 Å². The van der Waals surface area contributed by atoms with Gasteiger partial charge in [0.2, 0.25) is 0 Å². The van der Waals surface area contributed by atoms with E-state index >= 15 is 0 Å². The Labute approximate surface area is 185 Å². The van der Waals surface area contributed by atoms with E-state index < -0.39 is 0 Å². The minimum atomic E-state index is 0.292. The van der Waals surface area contributed by atoms with Gasteiger partial charge in [0.25, 0.3) is 0 Å². The van der Waals surface area contributed by atoms with E-state index in [9.17, 15) is 0 Å². The van der Waals surface area contributed by atoms with Gasteiger partial charge < -0.3 is 18.9 Å². The zero-order valence-electron chi connectivity index (χ0n) is 18.3. The number of rotatable bonds is 10. The summed E-state index contributed by atoms with van der Waals surface area (Å²) >= 11 is 0. The molecule has 0 aromatic heterocycles. The van der Waals surface area contributed by atoms with Crippen molar-refractivity contribution in [1.82, 2.24) is 0 Å². The summed E-state index contributed by atoms with van der Waals surface area (Å²) in [5.74, 6) is 2.91. The van der Waals surface area contributed by atoms with Crippen molar-refractivity contribution in [3.05, 3.63) is 71.3 Å². The summed E-state index contributed by atoms with van der Waals surface area (Å²) in [6, 6.07) is 15.3. The van der Waals surface area contributed by atoms with Crippen molar-refractivity contribution in [2.45, 2.75) is 56.7 Å². The Balaban J connectivity index is 1.21. The molecule has 4 heteroatoms. The summed E-state index contributed by atoms with van der Waals surface area (Å²) in [6.07, 6.45) is 9.87. The predicted molar refractivity (Wildman–Crippen MR) is 121 cm³/mol. The molecule has 2 saturated heterocycles. The Bertz CT molecular complexity index is 896. The molecule has 0 amide bonds. The maximum Gasteiger partial charge on any atom is 0.122 e. The largest absolute Gasteiger partial charge is 0.491 e. The Hall–Kier alpha value is -2.30.